The van der Waals surface area contributed by atoms with Gasteiger partial charge in [-0.1, -0.05) is 11.2 Å². The lowest BCUT2D eigenvalue weighted by molar-refractivity contribution is 0.117. The fraction of sp³-hybridized carbons (Fsp3) is 0.588. The van der Waals surface area contributed by atoms with Gasteiger partial charge in [0.15, 0.2) is 17.3 Å². The van der Waals surface area contributed by atoms with Crippen molar-refractivity contribution in [1.29, 1.82) is 5.26 Å². The van der Waals surface area contributed by atoms with Crippen molar-refractivity contribution >= 4 is 11.5 Å². The number of ether oxygens (including phenoxy) is 1. The number of anilines is 2. The third kappa shape index (κ3) is 4.39. The van der Waals surface area contributed by atoms with Crippen molar-refractivity contribution < 1.29 is 9.26 Å². The molecule has 2 saturated heterocycles. The van der Waals surface area contributed by atoms with Crippen LogP contribution in [0.3, 0.4) is 0 Å². The highest BCUT2D eigenvalue weighted by Crippen LogP contribution is 2.54. The topological polar surface area (TPSA) is 129 Å². The Kier molecular flexibility index (Phi) is 6.44. The molecule has 4 atom stereocenters. The van der Waals surface area contributed by atoms with Crippen molar-refractivity contribution in [3.8, 4) is 23.5 Å². The molecule has 10 heteroatoms. The minimum atomic E-state index is -0.403. The number of aromatic nitrogens is 3. The van der Waals surface area contributed by atoms with Gasteiger partial charge in [-0.05, 0) is 102 Å². The maximum atomic E-state index is 10.1. The van der Waals surface area contributed by atoms with Gasteiger partial charge >= 0.3 is 0 Å². The maximum Gasteiger partial charge on any atom is 0.219 e. The quantitative estimate of drug-likeness (QED) is 0.412. The van der Waals surface area contributed by atoms with E-state index in [0.717, 1.165) is 80.9 Å². The molecule has 1 aromatic carbocycles. The summed E-state index contributed by atoms with van der Waals surface area (Å²) in [5, 5.41) is 18.6. The van der Waals surface area contributed by atoms with E-state index in [1.54, 1.807) is 0 Å². The number of nitrogens with two attached hydrogens (primary N) is 1. The van der Waals surface area contributed by atoms with Crippen LogP contribution in [0, 0.1) is 11.3 Å². The van der Waals surface area contributed by atoms with Gasteiger partial charge in [0.1, 0.15) is 18.0 Å². The number of fused-ring (bicyclic) bond motifs is 4. The molecule has 0 radical (unpaired) electrons. The summed E-state index contributed by atoms with van der Waals surface area (Å²) in [6.07, 6.45) is 9.15. The molecule has 3 fully saturated rings. The number of nitrogen functional groups attached to an aromatic ring is 1. The van der Waals surface area contributed by atoms with Crippen LogP contribution in [-0.4, -0.2) is 70.4 Å². The molecule has 0 unspecified atom stereocenters. The van der Waals surface area contributed by atoms with Crippen molar-refractivity contribution in [3.63, 3.8) is 0 Å². The second-order valence-electron chi connectivity index (χ2n) is 14.1. The Hall–Kier alpha value is -3.68. The highest BCUT2D eigenvalue weighted by atomic mass is 16.5. The van der Waals surface area contributed by atoms with Gasteiger partial charge in [0, 0.05) is 48.0 Å². The average molecular weight is 595 g/mol. The van der Waals surface area contributed by atoms with E-state index in [4.69, 9.17) is 25.0 Å². The van der Waals surface area contributed by atoms with Crippen LogP contribution in [0.2, 0.25) is 0 Å². The zero-order chi connectivity index (χ0) is 30.2. The number of hydrogen-bond donors (Lipinski definition) is 2. The molecule has 0 amide bonds. The fourth-order valence-electron chi connectivity index (χ4n) is 8.80. The monoisotopic (exact) mass is 594 g/mol. The van der Waals surface area contributed by atoms with Gasteiger partial charge in [-0.2, -0.15) is 10.2 Å². The summed E-state index contributed by atoms with van der Waals surface area (Å²) in [5.41, 5.74) is 11.2. The first-order valence-electron chi connectivity index (χ1n) is 16.4. The molecule has 230 valence electrons. The summed E-state index contributed by atoms with van der Waals surface area (Å²) in [4.78, 5) is 14.9. The van der Waals surface area contributed by atoms with Crippen molar-refractivity contribution in [2.75, 3.05) is 37.3 Å². The van der Waals surface area contributed by atoms with Crippen LogP contribution in [0.15, 0.2) is 22.7 Å². The Morgan fingerprint density at radius 1 is 1.18 bits per heavy atom. The lowest BCUT2D eigenvalue weighted by Crippen LogP contribution is -2.57. The molecule has 1 saturated carbocycles. The number of benzene rings is 1. The van der Waals surface area contributed by atoms with Crippen LogP contribution in [0.5, 0.6) is 5.88 Å². The number of aryl methyl sites for hydroxylation is 1. The summed E-state index contributed by atoms with van der Waals surface area (Å²) in [6.45, 7) is 7.28. The van der Waals surface area contributed by atoms with Crippen molar-refractivity contribution in [2.24, 2.45) is 0 Å². The number of piperazine rings is 1. The number of rotatable bonds is 5. The molecule has 0 bridgehead atoms. The predicted octanol–water partition coefficient (Wildman–Crippen LogP) is 4.35. The second kappa shape index (κ2) is 10.2. The Bertz CT molecular complexity index is 1660. The largest absolute Gasteiger partial charge is 0.473 e. The van der Waals surface area contributed by atoms with E-state index in [2.05, 4.69) is 53.3 Å². The zero-order valence-electron chi connectivity index (χ0n) is 26.0. The van der Waals surface area contributed by atoms with Crippen molar-refractivity contribution in [2.45, 2.75) is 101 Å². The Morgan fingerprint density at radius 3 is 2.82 bits per heavy atom. The highest BCUT2D eigenvalue weighted by Gasteiger charge is 2.50. The molecular weight excluding hydrogens is 552 g/mol. The molecule has 4 heterocycles. The van der Waals surface area contributed by atoms with Gasteiger partial charge in [-0.25, -0.2) is 4.98 Å². The molecule has 3 aromatic rings. The lowest BCUT2D eigenvalue weighted by Gasteiger charge is -2.39. The molecule has 8 rings (SSSR count). The smallest absolute Gasteiger partial charge is 0.219 e. The summed E-state index contributed by atoms with van der Waals surface area (Å²) in [7, 11) is 2.18. The van der Waals surface area contributed by atoms with Crippen molar-refractivity contribution in [3.05, 3.63) is 46.2 Å². The molecule has 2 aromatic heterocycles. The molecule has 2 aliphatic heterocycles. The highest BCUT2D eigenvalue weighted by molar-refractivity contribution is 5.68. The molecule has 10 nitrogen and oxygen atoms in total. The number of nitrogens with zero attached hydrogens (tertiary/aromatic N) is 6. The van der Waals surface area contributed by atoms with Crippen LogP contribution in [-0.2, 0) is 18.3 Å². The third-order valence-electron chi connectivity index (χ3n) is 11.0. The summed E-state index contributed by atoms with van der Waals surface area (Å²) >= 11 is 0. The predicted molar refractivity (Wildman–Crippen MR) is 168 cm³/mol. The van der Waals surface area contributed by atoms with E-state index >= 15 is 0 Å². The number of hydrogen-bond acceptors (Lipinski definition) is 10. The molecule has 5 aliphatic rings. The molecule has 2 spiro atoms. The summed E-state index contributed by atoms with van der Waals surface area (Å²) < 4.78 is 12.9. The summed E-state index contributed by atoms with van der Waals surface area (Å²) in [5.74, 6) is 2.87. The SMILES string of the molecule is C[C@@H]1CN(c2cc(O[C@@H](C)[C@@H]3CCCN3C)nc(-c3noc4c3CCC[C@@]43CCc4ccc(N)c(C#N)c43)n2)CC2(CC2)N1. The van der Waals surface area contributed by atoms with Crippen LogP contribution in [0.1, 0.15) is 86.8 Å². The summed E-state index contributed by atoms with van der Waals surface area (Å²) in [6, 6.07) is 9.08. The fourth-order valence-corrected chi connectivity index (χ4v) is 8.80. The minimum absolute atomic E-state index is 0.00540. The number of likely N-dealkylation sites (N-methyl/N-ethyl adjacent to an activating group) is 1. The Labute approximate surface area is 259 Å². The van der Waals surface area contributed by atoms with Crippen LogP contribution in [0.4, 0.5) is 11.5 Å². The minimum Gasteiger partial charge on any atom is -0.473 e. The van der Waals surface area contributed by atoms with E-state index < -0.39 is 5.41 Å². The first-order valence-corrected chi connectivity index (χ1v) is 16.4. The molecular formula is C34H42N8O2. The van der Waals surface area contributed by atoms with E-state index in [1.165, 1.54) is 24.8 Å². The van der Waals surface area contributed by atoms with E-state index in [9.17, 15) is 5.26 Å². The lowest BCUT2D eigenvalue weighted by atomic mass is 9.68. The number of nitriles is 1. The molecule has 3 aliphatic carbocycles. The van der Waals surface area contributed by atoms with Gasteiger partial charge in [-0.15, -0.1) is 0 Å². The number of likely N-dealkylation sites (tertiary alicyclic amines) is 1. The van der Waals surface area contributed by atoms with E-state index in [-0.39, 0.29) is 11.6 Å². The van der Waals surface area contributed by atoms with Crippen molar-refractivity contribution in [1.82, 2.24) is 25.3 Å². The van der Waals surface area contributed by atoms with Gasteiger partial charge in [0.25, 0.3) is 0 Å². The van der Waals surface area contributed by atoms with Gasteiger partial charge < -0.3 is 25.2 Å². The van der Waals surface area contributed by atoms with Gasteiger partial charge in [-0.3, -0.25) is 4.90 Å². The molecule has 3 N–H and O–H groups in total. The standard InChI is InChI=1S/C34H42N8O2/c1-20-18-42(19-33(39-20)13-14-33)27-16-28(43-21(2)26-7-5-15-41(26)3)38-32(37-27)30-23-6-4-11-34(31(23)44-40-30)12-10-22-8-9-25(36)24(17-35)29(22)34/h8-9,16,20-21,26,39H,4-7,10-15,18-19,36H2,1-3H3/t20-,21+,26+,34+/m1/s1. The Morgan fingerprint density at radius 2 is 2.05 bits per heavy atom. The van der Waals surface area contributed by atoms with E-state index in [0.29, 0.717) is 40.7 Å². The maximum absolute atomic E-state index is 10.1. The van der Waals surface area contributed by atoms with Crippen LogP contribution >= 0.6 is 0 Å². The third-order valence-corrected chi connectivity index (χ3v) is 11.0. The first-order chi connectivity index (χ1) is 21.3. The van der Waals surface area contributed by atoms with E-state index in [1.807, 2.05) is 12.1 Å². The average Bonchev–Trinajstić information content (AvgIpc) is 3.32. The van der Waals surface area contributed by atoms with Crippen LogP contribution in [0.25, 0.3) is 11.5 Å². The van der Waals surface area contributed by atoms with Gasteiger partial charge in [0.2, 0.25) is 5.88 Å². The number of nitrogens with one attached hydrogen (secondary N) is 1. The first kappa shape index (κ1) is 27.8. The normalized spacial score (nSPS) is 27.7. The molecule has 44 heavy (non-hydrogen) atoms. The Balaban J connectivity index is 1.21. The van der Waals surface area contributed by atoms with Gasteiger partial charge in [0.05, 0.1) is 11.0 Å². The second-order valence-corrected chi connectivity index (χ2v) is 14.1. The zero-order valence-corrected chi connectivity index (χ0v) is 26.0. The van der Waals surface area contributed by atoms with Crippen LogP contribution < -0.4 is 20.7 Å².